The quantitative estimate of drug-likeness (QED) is 0.367. The summed E-state index contributed by atoms with van der Waals surface area (Å²) in [7, 11) is 0. The highest BCUT2D eigenvalue weighted by atomic mass is 127. The monoisotopic (exact) mass is 263 g/mol. The fraction of sp³-hybridized carbons (Fsp3) is 0.750. The average Bonchev–Trinajstić information content (AvgIpc) is 1.89. The fourth-order valence-electron chi connectivity index (χ4n) is 0. The van der Waals surface area contributed by atoms with Crippen LogP contribution >= 0.6 is 35.2 Å². The van der Waals surface area contributed by atoms with E-state index >= 15 is 0 Å². The van der Waals surface area contributed by atoms with Gasteiger partial charge in [0.05, 0.1) is 11.0 Å². The Kier molecular flexibility index (Phi) is 15.4. The first-order valence-electron chi connectivity index (χ1n) is 2.25. The second-order valence-electron chi connectivity index (χ2n) is 1.05. The summed E-state index contributed by atoms with van der Waals surface area (Å²) in [5.74, 6) is 0.311. The van der Waals surface area contributed by atoms with Crippen LogP contribution in [0.5, 0.6) is 0 Å². The molecular formula is C4H10INO2S. The van der Waals surface area contributed by atoms with Gasteiger partial charge in [-0.25, -0.2) is 0 Å². The number of hydrogen-bond acceptors (Lipinski definition) is 3. The van der Waals surface area contributed by atoms with Crippen LogP contribution in [0.1, 0.15) is 0 Å². The van der Waals surface area contributed by atoms with Gasteiger partial charge in [-0.05, 0) is 0 Å². The maximum atomic E-state index is 9.58. The van der Waals surface area contributed by atoms with Crippen molar-refractivity contribution in [3.63, 3.8) is 0 Å². The van der Waals surface area contributed by atoms with E-state index in [2.05, 4.69) is 18.4 Å². The van der Waals surface area contributed by atoms with E-state index in [4.69, 9.17) is 5.11 Å². The first-order valence-corrected chi connectivity index (χ1v) is 4.40. The van der Waals surface area contributed by atoms with Gasteiger partial charge in [-0.3, -0.25) is 4.79 Å². The Morgan fingerprint density at radius 1 is 1.78 bits per heavy atom. The van der Waals surface area contributed by atoms with Gasteiger partial charge in [0, 0.05) is 5.75 Å². The molecule has 0 radical (unpaired) electrons. The Hall–Kier alpha value is 0.510. The van der Waals surface area contributed by atoms with Gasteiger partial charge in [0.1, 0.15) is 0 Å². The molecule has 9 heavy (non-hydrogen) atoms. The molecule has 0 rings (SSSR count). The number of primary amides is 1. The van der Waals surface area contributed by atoms with Crippen LogP contribution in [-0.4, -0.2) is 27.8 Å². The number of thiol groups is 1. The molecule has 0 aliphatic carbocycles. The summed E-state index contributed by atoms with van der Waals surface area (Å²) in [6.45, 7) is 0.184. The standard InChI is InChI=1S/C2H4INO.C2H6OS/c3-1-2(4)5;3-1-2-4/h1H2,(H2,4,5);3-4H,1-2H2. The summed E-state index contributed by atoms with van der Waals surface area (Å²) in [5, 5.41) is 7.80. The number of carbonyl (C=O) groups excluding carboxylic acids is 1. The van der Waals surface area contributed by atoms with E-state index in [9.17, 15) is 4.79 Å². The minimum Gasteiger partial charge on any atom is -0.396 e. The minimum absolute atomic E-state index is 0.184. The van der Waals surface area contributed by atoms with Crippen LogP contribution in [0, 0.1) is 0 Å². The molecule has 0 atom stereocenters. The number of alkyl halides is 1. The van der Waals surface area contributed by atoms with Gasteiger partial charge >= 0.3 is 0 Å². The first-order chi connectivity index (χ1) is 4.18. The molecule has 0 heterocycles. The van der Waals surface area contributed by atoms with Crippen molar-refractivity contribution in [2.45, 2.75) is 0 Å². The number of rotatable bonds is 2. The smallest absolute Gasteiger partial charge is 0.227 e. The van der Waals surface area contributed by atoms with Gasteiger partial charge in [-0.15, -0.1) is 0 Å². The third-order valence-electron chi connectivity index (χ3n) is 0.232. The Labute approximate surface area is 73.6 Å². The van der Waals surface area contributed by atoms with Crippen molar-refractivity contribution in [2.24, 2.45) is 5.73 Å². The van der Waals surface area contributed by atoms with E-state index in [1.807, 2.05) is 22.6 Å². The average molecular weight is 263 g/mol. The highest BCUT2D eigenvalue weighted by molar-refractivity contribution is 14.1. The van der Waals surface area contributed by atoms with Crippen molar-refractivity contribution in [1.29, 1.82) is 0 Å². The Morgan fingerprint density at radius 2 is 2.00 bits per heavy atom. The van der Waals surface area contributed by atoms with Gasteiger partial charge in [0.2, 0.25) is 5.91 Å². The molecule has 0 aliphatic rings. The van der Waals surface area contributed by atoms with E-state index in [1.165, 1.54) is 0 Å². The predicted molar refractivity (Wildman–Crippen MR) is 49.0 cm³/mol. The van der Waals surface area contributed by atoms with Crippen LogP contribution in [0.15, 0.2) is 0 Å². The van der Waals surface area contributed by atoms with E-state index in [1.54, 1.807) is 0 Å². The molecule has 0 fully saturated rings. The van der Waals surface area contributed by atoms with Crippen LogP contribution in [0.4, 0.5) is 0 Å². The fourth-order valence-corrected chi connectivity index (χ4v) is 0. The molecular weight excluding hydrogens is 253 g/mol. The summed E-state index contributed by atoms with van der Waals surface area (Å²) < 4.78 is 0.414. The molecule has 0 bridgehead atoms. The van der Waals surface area contributed by atoms with E-state index in [0.29, 0.717) is 10.2 Å². The topological polar surface area (TPSA) is 63.3 Å². The number of aliphatic hydroxyl groups excluding tert-OH is 1. The van der Waals surface area contributed by atoms with Crippen molar-refractivity contribution in [1.82, 2.24) is 0 Å². The number of amides is 1. The van der Waals surface area contributed by atoms with E-state index < -0.39 is 0 Å². The zero-order chi connectivity index (χ0) is 7.70. The molecule has 0 aromatic carbocycles. The van der Waals surface area contributed by atoms with Crippen molar-refractivity contribution >= 4 is 41.1 Å². The minimum atomic E-state index is -0.259. The lowest BCUT2D eigenvalue weighted by Gasteiger charge is -1.71. The zero-order valence-electron chi connectivity index (χ0n) is 4.88. The molecule has 0 aromatic heterocycles. The third-order valence-corrected chi connectivity index (χ3v) is 1.18. The van der Waals surface area contributed by atoms with Gasteiger partial charge in [0.15, 0.2) is 0 Å². The van der Waals surface area contributed by atoms with Gasteiger partial charge in [0.25, 0.3) is 0 Å². The predicted octanol–water partition coefficient (Wildman–Crippen LogP) is -0.185. The molecule has 1 amide bonds. The number of aliphatic hydroxyl groups is 1. The lowest BCUT2D eigenvalue weighted by atomic mass is 10.8. The molecule has 0 saturated heterocycles. The third kappa shape index (κ3) is 29.3. The van der Waals surface area contributed by atoms with E-state index in [-0.39, 0.29) is 12.5 Å². The largest absolute Gasteiger partial charge is 0.396 e. The van der Waals surface area contributed by atoms with Crippen molar-refractivity contribution < 1.29 is 9.90 Å². The molecule has 0 aliphatic heterocycles. The van der Waals surface area contributed by atoms with E-state index in [0.717, 1.165) is 0 Å². The zero-order valence-corrected chi connectivity index (χ0v) is 7.93. The molecule has 5 heteroatoms. The maximum absolute atomic E-state index is 9.58. The van der Waals surface area contributed by atoms with Gasteiger partial charge in [-0.2, -0.15) is 12.6 Å². The molecule has 0 saturated carbocycles. The Bertz CT molecular complexity index is 69.6. The molecule has 0 spiro atoms. The molecule has 0 unspecified atom stereocenters. The Morgan fingerprint density at radius 3 is 2.00 bits per heavy atom. The number of hydrogen-bond donors (Lipinski definition) is 3. The molecule has 0 aromatic rings. The molecule has 3 N–H and O–H groups in total. The Balaban J connectivity index is 0. The normalized spacial score (nSPS) is 7.44. The van der Waals surface area contributed by atoms with Crippen LogP contribution < -0.4 is 5.73 Å². The maximum Gasteiger partial charge on any atom is 0.227 e. The highest BCUT2D eigenvalue weighted by Crippen LogP contribution is 1.72. The lowest BCUT2D eigenvalue weighted by Crippen LogP contribution is -2.10. The highest BCUT2D eigenvalue weighted by Gasteiger charge is 1.79. The van der Waals surface area contributed by atoms with Gasteiger partial charge in [-0.1, -0.05) is 22.6 Å². The van der Waals surface area contributed by atoms with Crippen molar-refractivity contribution in [3.05, 3.63) is 0 Å². The van der Waals surface area contributed by atoms with Crippen LogP contribution in [0.25, 0.3) is 0 Å². The lowest BCUT2D eigenvalue weighted by molar-refractivity contribution is -0.115. The van der Waals surface area contributed by atoms with Crippen LogP contribution in [0.3, 0.4) is 0 Å². The van der Waals surface area contributed by atoms with Crippen molar-refractivity contribution in [2.75, 3.05) is 16.8 Å². The molecule has 56 valence electrons. The second-order valence-corrected chi connectivity index (χ2v) is 2.26. The van der Waals surface area contributed by atoms with Crippen molar-refractivity contribution in [3.8, 4) is 0 Å². The van der Waals surface area contributed by atoms with Crippen LogP contribution in [0.2, 0.25) is 0 Å². The summed E-state index contributed by atoms with van der Waals surface area (Å²) in [6, 6.07) is 0. The number of halogens is 1. The number of carbonyl (C=O) groups is 1. The molecule has 3 nitrogen and oxygen atoms in total. The summed E-state index contributed by atoms with van der Waals surface area (Å²) in [5.41, 5.74) is 4.65. The van der Waals surface area contributed by atoms with Crippen LogP contribution in [-0.2, 0) is 4.79 Å². The number of nitrogens with two attached hydrogens (primary N) is 1. The van der Waals surface area contributed by atoms with Gasteiger partial charge < -0.3 is 10.8 Å². The SMILES string of the molecule is NC(=O)CI.OCCS. The second kappa shape index (κ2) is 11.3. The summed E-state index contributed by atoms with van der Waals surface area (Å²) in [6.07, 6.45) is 0. The summed E-state index contributed by atoms with van der Waals surface area (Å²) in [4.78, 5) is 9.58. The first kappa shape index (κ1) is 12.2. The summed E-state index contributed by atoms with van der Waals surface area (Å²) >= 11 is 5.57.